The minimum atomic E-state index is -4.20. The van der Waals surface area contributed by atoms with Gasteiger partial charge in [0, 0.05) is 25.6 Å². The third-order valence-corrected chi connectivity index (χ3v) is 7.79. The standard InChI is InChI=1S/C23H25FN2O6S/c24-15-3-6-20(13(8-15)2-1-7-26-10-16(27)11-26)33(30,31)25-19-5-4-17-18-9-14(18)12-32-22(17)21(19)23(28)29/h1-6,8,14,16,18,23,25,27-29H,7,9-12H2. The van der Waals surface area contributed by atoms with Crippen LogP contribution >= 0.6 is 0 Å². The van der Waals surface area contributed by atoms with Crippen LogP contribution in [0, 0.1) is 11.7 Å². The van der Waals surface area contributed by atoms with Crippen molar-refractivity contribution in [2.75, 3.05) is 31.0 Å². The van der Waals surface area contributed by atoms with Gasteiger partial charge < -0.3 is 20.1 Å². The van der Waals surface area contributed by atoms with E-state index in [1.54, 1.807) is 12.1 Å². The molecule has 0 aromatic heterocycles. The minimum Gasteiger partial charge on any atom is -0.492 e. The van der Waals surface area contributed by atoms with Crippen molar-refractivity contribution in [1.82, 2.24) is 4.90 Å². The molecule has 2 aromatic carbocycles. The summed E-state index contributed by atoms with van der Waals surface area (Å²) in [6.45, 7) is 2.02. The molecule has 0 bridgehead atoms. The molecule has 2 aliphatic heterocycles. The quantitative estimate of drug-likeness (QED) is 0.450. The van der Waals surface area contributed by atoms with Crippen molar-refractivity contribution in [3.05, 3.63) is 58.9 Å². The molecule has 2 heterocycles. The summed E-state index contributed by atoms with van der Waals surface area (Å²) in [5, 5.41) is 29.4. The van der Waals surface area contributed by atoms with E-state index in [0.717, 1.165) is 24.1 Å². The predicted molar refractivity (Wildman–Crippen MR) is 119 cm³/mol. The second-order valence-corrected chi connectivity index (χ2v) is 10.4. The van der Waals surface area contributed by atoms with Gasteiger partial charge >= 0.3 is 0 Å². The number of β-amino-alcohol motifs (C(OH)–C–C–N with tert-alkyl or cyclic N) is 1. The van der Waals surface area contributed by atoms with Gasteiger partial charge in [-0.3, -0.25) is 9.62 Å². The molecule has 5 rings (SSSR count). The van der Waals surface area contributed by atoms with Crippen LogP contribution in [0.3, 0.4) is 0 Å². The van der Waals surface area contributed by atoms with E-state index in [4.69, 9.17) is 4.74 Å². The first-order valence-corrected chi connectivity index (χ1v) is 12.3. The van der Waals surface area contributed by atoms with Gasteiger partial charge in [0.15, 0.2) is 6.29 Å². The Bertz CT molecular complexity index is 1210. The lowest BCUT2D eigenvalue weighted by Gasteiger charge is -2.34. The molecule has 0 spiro atoms. The Morgan fingerprint density at radius 2 is 2.03 bits per heavy atom. The zero-order valence-corrected chi connectivity index (χ0v) is 18.5. The van der Waals surface area contributed by atoms with E-state index < -0.39 is 22.1 Å². The summed E-state index contributed by atoms with van der Waals surface area (Å²) in [6.07, 6.45) is 1.90. The molecule has 0 amide bonds. The van der Waals surface area contributed by atoms with Crippen LogP contribution in [0.1, 0.15) is 35.3 Å². The summed E-state index contributed by atoms with van der Waals surface area (Å²) in [5.41, 5.74) is 0.970. The van der Waals surface area contributed by atoms with Crippen LogP contribution in [-0.2, 0) is 10.0 Å². The molecule has 10 heteroatoms. The average Bonchev–Trinajstić information content (AvgIpc) is 3.51. The molecule has 2 unspecified atom stereocenters. The van der Waals surface area contributed by atoms with Gasteiger partial charge in [-0.05, 0) is 47.7 Å². The predicted octanol–water partition coefficient (Wildman–Crippen LogP) is 1.80. The Labute approximate surface area is 191 Å². The molecular formula is C23H25FN2O6S. The third-order valence-electron chi connectivity index (χ3n) is 6.35. The van der Waals surface area contributed by atoms with Crippen LogP contribution < -0.4 is 9.46 Å². The Kier molecular flexibility index (Phi) is 5.66. The summed E-state index contributed by atoms with van der Waals surface area (Å²) >= 11 is 0. The van der Waals surface area contributed by atoms with E-state index in [9.17, 15) is 28.1 Å². The van der Waals surface area contributed by atoms with Crippen LogP contribution in [0.2, 0.25) is 0 Å². The number of hydrogen-bond acceptors (Lipinski definition) is 7. The lowest BCUT2D eigenvalue weighted by atomic mass is 10.00. The molecule has 1 aliphatic carbocycles. The van der Waals surface area contributed by atoms with E-state index >= 15 is 0 Å². The molecule has 2 fully saturated rings. The highest BCUT2D eigenvalue weighted by atomic mass is 32.2. The smallest absolute Gasteiger partial charge is 0.262 e. The van der Waals surface area contributed by atoms with E-state index in [1.807, 2.05) is 4.90 Å². The van der Waals surface area contributed by atoms with Gasteiger partial charge in [-0.25, -0.2) is 12.8 Å². The van der Waals surface area contributed by atoms with Gasteiger partial charge in [0.1, 0.15) is 11.6 Å². The summed E-state index contributed by atoms with van der Waals surface area (Å²) in [6, 6.07) is 6.60. The maximum absolute atomic E-state index is 13.9. The Balaban J connectivity index is 1.44. The maximum atomic E-state index is 13.9. The number of hydrogen-bond donors (Lipinski definition) is 4. The van der Waals surface area contributed by atoms with Gasteiger partial charge in [-0.15, -0.1) is 0 Å². The van der Waals surface area contributed by atoms with Crippen LogP contribution in [0.15, 0.2) is 41.3 Å². The highest BCUT2D eigenvalue weighted by Crippen LogP contribution is 2.56. The van der Waals surface area contributed by atoms with Gasteiger partial charge in [0.25, 0.3) is 10.0 Å². The van der Waals surface area contributed by atoms with Crippen LogP contribution in [0.5, 0.6) is 5.75 Å². The first-order chi connectivity index (χ1) is 15.7. The van der Waals surface area contributed by atoms with Gasteiger partial charge in [-0.2, -0.15) is 0 Å². The molecule has 1 saturated carbocycles. The summed E-state index contributed by atoms with van der Waals surface area (Å²) < 4.78 is 48.5. The highest BCUT2D eigenvalue weighted by Gasteiger charge is 2.45. The van der Waals surface area contributed by atoms with Gasteiger partial charge in [0.2, 0.25) is 0 Å². The maximum Gasteiger partial charge on any atom is 0.262 e. The van der Waals surface area contributed by atoms with Crippen molar-refractivity contribution in [3.8, 4) is 5.75 Å². The summed E-state index contributed by atoms with van der Waals surface area (Å²) in [5.74, 6) is 0.426. The number of likely N-dealkylation sites (tertiary alicyclic amines) is 1. The molecule has 8 nitrogen and oxygen atoms in total. The lowest BCUT2D eigenvalue weighted by Crippen LogP contribution is -2.50. The number of rotatable bonds is 7. The van der Waals surface area contributed by atoms with Crippen LogP contribution in [0.4, 0.5) is 10.1 Å². The van der Waals surface area contributed by atoms with Crippen molar-refractivity contribution < 1.29 is 32.9 Å². The molecule has 3 aliphatic rings. The SMILES string of the molecule is O=S(=O)(Nc1ccc2c(c1C(O)O)OCC1CC21)c1ccc(F)cc1C=CCN1CC(O)C1. The fourth-order valence-electron chi connectivity index (χ4n) is 4.53. The molecule has 2 aromatic rings. The molecule has 2 atom stereocenters. The highest BCUT2D eigenvalue weighted by molar-refractivity contribution is 7.92. The normalized spacial score (nSPS) is 22.6. The Morgan fingerprint density at radius 3 is 2.76 bits per heavy atom. The Morgan fingerprint density at radius 1 is 1.24 bits per heavy atom. The van der Waals surface area contributed by atoms with E-state index in [0.29, 0.717) is 43.8 Å². The summed E-state index contributed by atoms with van der Waals surface area (Å²) in [7, 11) is -4.20. The van der Waals surface area contributed by atoms with Crippen molar-refractivity contribution in [3.63, 3.8) is 0 Å². The molecule has 4 N–H and O–H groups in total. The molecule has 0 radical (unpaired) electrons. The molecule has 1 saturated heterocycles. The number of benzene rings is 2. The number of sulfonamides is 1. The van der Waals surface area contributed by atoms with Crippen LogP contribution in [-0.4, -0.2) is 61.0 Å². The fraction of sp³-hybridized carbons (Fsp3) is 0.391. The van der Waals surface area contributed by atoms with E-state index in [1.165, 1.54) is 18.2 Å². The zero-order chi connectivity index (χ0) is 23.3. The number of nitrogens with zero attached hydrogens (tertiary/aromatic N) is 1. The number of ether oxygens (including phenoxy) is 1. The monoisotopic (exact) mass is 476 g/mol. The van der Waals surface area contributed by atoms with Crippen molar-refractivity contribution in [2.24, 2.45) is 5.92 Å². The molecule has 176 valence electrons. The average molecular weight is 477 g/mol. The second-order valence-electron chi connectivity index (χ2n) is 8.79. The molecule has 33 heavy (non-hydrogen) atoms. The minimum absolute atomic E-state index is 0.00308. The largest absolute Gasteiger partial charge is 0.492 e. The van der Waals surface area contributed by atoms with E-state index in [-0.39, 0.29) is 27.8 Å². The Hall–Kier alpha value is -2.50. The van der Waals surface area contributed by atoms with Crippen LogP contribution in [0.25, 0.3) is 6.08 Å². The first-order valence-electron chi connectivity index (χ1n) is 10.8. The third kappa shape index (κ3) is 4.36. The van der Waals surface area contributed by atoms with Crippen molar-refractivity contribution in [2.45, 2.75) is 29.6 Å². The zero-order valence-electron chi connectivity index (χ0n) is 17.7. The number of anilines is 1. The van der Waals surface area contributed by atoms with Crippen molar-refractivity contribution in [1.29, 1.82) is 0 Å². The van der Waals surface area contributed by atoms with E-state index in [2.05, 4.69) is 4.72 Å². The second kappa shape index (κ2) is 8.37. The number of aliphatic hydroxyl groups is 3. The van der Waals surface area contributed by atoms with Gasteiger partial charge in [-0.1, -0.05) is 18.2 Å². The topological polar surface area (TPSA) is 119 Å². The molecular weight excluding hydrogens is 451 g/mol. The van der Waals surface area contributed by atoms with Gasteiger partial charge in [0.05, 0.1) is 28.9 Å². The number of halogens is 1. The fourth-order valence-corrected chi connectivity index (χ4v) is 5.79. The number of fused-ring (bicyclic) bond motifs is 3. The first kappa shape index (κ1) is 22.3. The lowest BCUT2D eigenvalue weighted by molar-refractivity contribution is -0.0438. The summed E-state index contributed by atoms with van der Waals surface area (Å²) in [4.78, 5) is 1.81. The number of aliphatic hydroxyl groups excluding tert-OH is 2. The van der Waals surface area contributed by atoms with Crippen molar-refractivity contribution >= 4 is 21.8 Å². The number of nitrogens with one attached hydrogen (secondary N) is 1.